The van der Waals surface area contributed by atoms with Gasteiger partial charge in [-0.05, 0) is 68.6 Å². The molecule has 1 aliphatic rings. The molecule has 0 N–H and O–H groups in total. The zero-order chi connectivity index (χ0) is 17.9. The van der Waals surface area contributed by atoms with E-state index in [0.29, 0.717) is 6.42 Å². The van der Waals surface area contributed by atoms with Gasteiger partial charge in [0.15, 0.2) is 0 Å². The Morgan fingerprint density at radius 1 is 1.12 bits per heavy atom. The highest BCUT2D eigenvalue weighted by Gasteiger charge is 2.23. The van der Waals surface area contributed by atoms with Crippen molar-refractivity contribution >= 4 is 5.97 Å². The molecular weight excluding hydrogens is 315 g/mol. The Balaban J connectivity index is 1.54. The molecule has 0 saturated heterocycles. The van der Waals surface area contributed by atoms with E-state index in [2.05, 4.69) is 6.92 Å². The molecule has 0 aliphatic heterocycles. The average Bonchev–Trinajstić information content (AvgIpc) is 2.61. The van der Waals surface area contributed by atoms with E-state index in [-0.39, 0.29) is 17.9 Å². The van der Waals surface area contributed by atoms with E-state index in [4.69, 9.17) is 4.74 Å². The number of hydrogen-bond donors (Lipinski definition) is 0. The summed E-state index contributed by atoms with van der Waals surface area (Å²) in [5.74, 6) is 0.587. The largest absolute Gasteiger partial charge is 0.462 e. The van der Waals surface area contributed by atoms with Crippen molar-refractivity contribution < 1.29 is 13.9 Å². The number of hydrogen-bond acceptors (Lipinski definition) is 2. The van der Waals surface area contributed by atoms with Crippen molar-refractivity contribution in [1.82, 2.24) is 0 Å². The fraction of sp³-hybridized carbons (Fsp3) is 0.682. The lowest BCUT2D eigenvalue weighted by Crippen LogP contribution is -2.24. The molecule has 0 bridgehead atoms. The number of aryl methyl sites for hydroxylation is 1. The fourth-order valence-corrected chi connectivity index (χ4v) is 3.76. The van der Waals surface area contributed by atoms with E-state index >= 15 is 0 Å². The van der Waals surface area contributed by atoms with Gasteiger partial charge in [0.1, 0.15) is 11.9 Å². The van der Waals surface area contributed by atoms with Crippen molar-refractivity contribution in [1.29, 1.82) is 0 Å². The van der Waals surface area contributed by atoms with Crippen LogP contribution in [0.4, 0.5) is 4.39 Å². The van der Waals surface area contributed by atoms with E-state index in [1.54, 1.807) is 12.1 Å². The summed E-state index contributed by atoms with van der Waals surface area (Å²) >= 11 is 0. The molecule has 2 nitrogen and oxygen atoms in total. The zero-order valence-electron chi connectivity index (χ0n) is 15.6. The van der Waals surface area contributed by atoms with Crippen molar-refractivity contribution in [2.45, 2.75) is 90.1 Å². The van der Waals surface area contributed by atoms with Gasteiger partial charge in [-0.25, -0.2) is 4.39 Å². The van der Waals surface area contributed by atoms with Crippen LogP contribution < -0.4 is 0 Å². The third-order valence-corrected chi connectivity index (χ3v) is 5.29. The van der Waals surface area contributed by atoms with Gasteiger partial charge < -0.3 is 4.74 Å². The van der Waals surface area contributed by atoms with E-state index in [0.717, 1.165) is 43.6 Å². The standard InChI is InChI=1S/C22H33FO2/c1-2-3-4-8-18-13-15-21(16-14-18)25-22(24)12-6-5-9-19-10-7-11-20(23)17-19/h7,10-11,17-18,21H,2-6,8-9,12-16H2,1H3. The maximum atomic E-state index is 13.1. The van der Waals surface area contributed by atoms with Crippen molar-refractivity contribution in [3.63, 3.8) is 0 Å². The van der Waals surface area contributed by atoms with Gasteiger partial charge in [0, 0.05) is 6.42 Å². The lowest BCUT2D eigenvalue weighted by Gasteiger charge is -2.28. The summed E-state index contributed by atoms with van der Waals surface area (Å²) in [6, 6.07) is 6.69. The first kappa shape index (κ1) is 19.9. The van der Waals surface area contributed by atoms with Crippen molar-refractivity contribution in [2.24, 2.45) is 5.92 Å². The smallest absolute Gasteiger partial charge is 0.306 e. The molecule has 0 radical (unpaired) electrons. The number of halogens is 1. The Bertz CT molecular complexity index is 507. The summed E-state index contributed by atoms with van der Waals surface area (Å²) in [6.45, 7) is 2.24. The van der Waals surface area contributed by atoms with Gasteiger partial charge in [0.05, 0.1) is 0 Å². The number of ether oxygens (including phenoxy) is 1. The van der Waals surface area contributed by atoms with Crippen LogP contribution in [-0.4, -0.2) is 12.1 Å². The van der Waals surface area contributed by atoms with Crippen LogP contribution in [0.2, 0.25) is 0 Å². The second-order valence-electron chi connectivity index (χ2n) is 7.47. The summed E-state index contributed by atoms with van der Waals surface area (Å²) in [4.78, 5) is 12.0. The van der Waals surface area contributed by atoms with Crippen LogP contribution in [0, 0.1) is 11.7 Å². The van der Waals surface area contributed by atoms with Crippen molar-refractivity contribution in [3.05, 3.63) is 35.6 Å². The number of benzene rings is 1. The Kier molecular flexibility index (Phi) is 8.99. The molecule has 0 heterocycles. The van der Waals surface area contributed by atoms with Gasteiger partial charge in [-0.3, -0.25) is 4.79 Å². The normalized spacial score (nSPS) is 20.4. The van der Waals surface area contributed by atoms with Gasteiger partial charge in [0.25, 0.3) is 0 Å². The Morgan fingerprint density at radius 3 is 2.64 bits per heavy atom. The van der Waals surface area contributed by atoms with Gasteiger partial charge in [0.2, 0.25) is 0 Å². The lowest BCUT2D eigenvalue weighted by molar-refractivity contribution is -0.151. The minimum absolute atomic E-state index is 0.0614. The summed E-state index contributed by atoms with van der Waals surface area (Å²) < 4.78 is 18.7. The van der Waals surface area contributed by atoms with Gasteiger partial charge in [-0.2, -0.15) is 0 Å². The van der Waals surface area contributed by atoms with Crippen LogP contribution in [0.15, 0.2) is 24.3 Å². The molecule has 1 aliphatic carbocycles. The third kappa shape index (κ3) is 8.02. The van der Waals surface area contributed by atoms with Crippen LogP contribution in [0.5, 0.6) is 0 Å². The minimum Gasteiger partial charge on any atom is -0.462 e. The van der Waals surface area contributed by atoms with Crippen LogP contribution in [-0.2, 0) is 16.0 Å². The second-order valence-corrected chi connectivity index (χ2v) is 7.47. The molecular formula is C22H33FO2. The van der Waals surface area contributed by atoms with E-state index in [1.165, 1.54) is 44.6 Å². The van der Waals surface area contributed by atoms with E-state index in [1.807, 2.05) is 6.07 Å². The summed E-state index contributed by atoms with van der Waals surface area (Å²) in [7, 11) is 0. The highest BCUT2D eigenvalue weighted by molar-refractivity contribution is 5.69. The molecule has 140 valence electrons. The first-order valence-electron chi connectivity index (χ1n) is 10.1. The summed E-state index contributed by atoms with van der Waals surface area (Å²) in [5, 5.41) is 0. The number of esters is 1. The highest BCUT2D eigenvalue weighted by atomic mass is 19.1. The van der Waals surface area contributed by atoms with Gasteiger partial charge in [-0.1, -0.05) is 44.7 Å². The molecule has 1 aromatic rings. The van der Waals surface area contributed by atoms with E-state index < -0.39 is 0 Å². The average molecular weight is 349 g/mol. The number of rotatable bonds is 10. The maximum Gasteiger partial charge on any atom is 0.306 e. The molecule has 1 saturated carbocycles. The predicted molar refractivity (Wildman–Crippen MR) is 99.9 cm³/mol. The molecule has 0 unspecified atom stereocenters. The SMILES string of the molecule is CCCCCC1CCC(OC(=O)CCCCc2cccc(F)c2)CC1. The molecule has 25 heavy (non-hydrogen) atoms. The van der Waals surface area contributed by atoms with Gasteiger partial charge in [-0.15, -0.1) is 0 Å². The molecule has 0 aromatic heterocycles. The second kappa shape index (κ2) is 11.3. The number of unbranched alkanes of at least 4 members (excludes halogenated alkanes) is 3. The Hall–Kier alpha value is -1.38. The number of carbonyl (C=O) groups excluding carboxylic acids is 1. The van der Waals surface area contributed by atoms with Crippen LogP contribution in [0.25, 0.3) is 0 Å². The van der Waals surface area contributed by atoms with Crippen LogP contribution in [0.1, 0.15) is 83.1 Å². The van der Waals surface area contributed by atoms with E-state index in [9.17, 15) is 9.18 Å². The molecule has 0 atom stereocenters. The number of carbonyl (C=O) groups is 1. The molecule has 0 spiro atoms. The van der Waals surface area contributed by atoms with Crippen molar-refractivity contribution in [3.8, 4) is 0 Å². The van der Waals surface area contributed by atoms with Crippen LogP contribution >= 0.6 is 0 Å². The zero-order valence-corrected chi connectivity index (χ0v) is 15.6. The Labute approximate surface area is 152 Å². The summed E-state index contributed by atoms with van der Waals surface area (Å²) in [5.41, 5.74) is 0.995. The quantitative estimate of drug-likeness (QED) is 0.370. The molecule has 3 heteroatoms. The van der Waals surface area contributed by atoms with Crippen molar-refractivity contribution in [2.75, 3.05) is 0 Å². The topological polar surface area (TPSA) is 26.3 Å². The molecule has 1 fully saturated rings. The first-order valence-corrected chi connectivity index (χ1v) is 10.1. The van der Waals surface area contributed by atoms with Crippen LogP contribution in [0.3, 0.4) is 0 Å². The summed E-state index contributed by atoms with van der Waals surface area (Å²) in [6.07, 6.45) is 12.9. The maximum absolute atomic E-state index is 13.1. The molecule has 2 rings (SSSR count). The predicted octanol–water partition coefficient (Wildman–Crippen LogP) is 6.22. The lowest BCUT2D eigenvalue weighted by atomic mass is 9.84. The first-order chi connectivity index (χ1) is 12.2. The molecule has 0 amide bonds. The monoisotopic (exact) mass is 348 g/mol. The fourth-order valence-electron chi connectivity index (χ4n) is 3.76. The highest BCUT2D eigenvalue weighted by Crippen LogP contribution is 2.30. The minimum atomic E-state index is -0.192. The molecule has 1 aromatic carbocycles. The third-order valence-electron chi connectivity index (χ3n) is 5.29. The van der Waals surface area contributed by atoms with Gasteiger partial charge >= 0.3 is 5.97 Å². The Morgan fingerprint density at radius 2 is 1.92 bits per heavy atom.